The molecule has 0 aromatic heterocycles. The summed E-state index contributed by atoms with van der Waals surface area (Å²) in [6, 6.07) is 10.1. The van der Waals surface area contributed by atoms with E-state index in [1.807, 2.05) is 0 Å². The topological polar surface area (TPSA) is 137 Å². The van der Waals surface area contributed by atoms with Crippen molar-refractivity contribution in [1.29, 1.82) is 0 Å². The molecule has 0 aliphatic carbocycles. The van der Waals surface area contributed by atoms with Crippen LogP contribution >= 0.6 is 0 Å². The number of hydrogen-bond acceptors (Lipinski definition) is 6. The number of hydrogen-bond donors (Lipinski definition) is 4. The fourth-order valence-corrected chi connectivity index (χ4v) is 3.31. The Morgan fingerprint density at radius 1 is 1.05 bits per heavy atom. The van der Waals surface area contributed by atoms with Gasteiger partial charge in [0, 0.05) is 31.9 Å². The molecule has 0 saturated carbocycles. The monoisotopic (exact) mass is 562 g/mol. The second kappa shape index (κ2) is 14.5. The lowest BCUT2D eigenvalue weighted by atomic mass is 10.1. The lowest BCUT2D eigenvalue weighted by molar-refractivity contribution is -0.137. The highest BCUT2D eigenvalue weighted by molar-refractivity contribution is 6.04. The van der Waals surface area contributed by atoms with Gasteiger partial charge in [-0.2, -0.15) is 13.2 Å². The number of carbonyl (C=O) groups is 4. The average molecular weight is 563 g/mol. The Labute approximate surface area is 228 Å². The van der Waals surface area contributed by atoms with E-state index in [9.17, 15) is 37.5 Å². The predicted molar refractivity (Wildman–Crippen MR) is 139 cm³/mol. The van der Waals surface area contributed by atoms with E-state index in [4.69, 9.17) is 4.74 Å². The molecule has 2 rings (SSSR count). The van der Waals surface area contributed by atoms with Crippen molar-refractivity contribution in [2.75, 3.05) is 26.0 Å². The lowest BCUT2D eigenvalue weighted by Crippen LogP contribution is -2.50. The molecule has 2 atom stereocenters. The zero-order valence-corrected chi connectivity index (χ0v) is 22.0. The summed E-state index contributed by atoms with van der Waals surface area (Å²) in [6.07, 6.45) is -7.88. The fourth-order valence-electron chi connectivity index (χ4n) is 3.31. The summed E-state index contributed by atoms with van der Waals surface area (Å²) in [5.74, 6) is 2.29. The Bertz CT molecular complexity index is 1270. The van der Waals surface area contributed by atoms with Crippen molar-refractivity contribution in [3.63, 3.8) is 0 Å². The first-order valence-electron chi connectivity index (χ1n) is 11.9. The maximum absolute atomic E-state index is 13.3. The minimum Gasteiger partial charge on any atom is -0.445 e. The highest BCUT2D eigenvalue weighted by atomic mass is 19.4. The van der Waals surface area contributed by atoms with Crippen molar-refractivity contribution >= 4 is 29.5 Å². The number of rotatable bonds is 10. The van der Waals surface area contributed by atoms with Gasteiger partial charge in [-0.3, -0.25) is 14.4 Å². The van der Waals surface area contributed by atoms with Crippen LogP contribution < -0.4 is 16.0 Å². The van der Waals surface area contributed by atoms with Crippen LogP contribution in [0.1, 0.15) is 34.8 Å². The van der Waals surface area contributed by atoms with Crippen LogP contribution in [0.5, 0.6) is 0 Å². The largest absolute Gasteiger partial charge is 0.445 e. The van der Waals surface area contributed by atoms with Crippen LogP contribution in [-0.2, 0) is 27.1 Å². The molecule has 40 heavy (non-hydrogen) atoms. The Kier molecular flexibility index (Phi) is 11.5. The first-order valence-corrected chi connectivity index (χ1v) is 11.9. The summed E-state index contributed by atoms with van der Waals surface area (Å²) in [7, 11) is 2.72. The molecule has 0 radical (unpaired) electrons. The van der Waals surface area contributed by atoms with E-state index in [0.717, 1.165) is 16.5 Å². The van der Waals surface area contributed by atoms with Crippen molar-refractivity contribution in [3.8, 4) is 11.8 Å². The summed E-state index contributed by atoms with van der Waals surface area (Å²) >= 11 is 0. The highest BCUT2D eigenvalue weighted by Gasteiger charge is 2.32. The van der Waals surface area contributed by atoms with Gasteiger partial charge in [0.1, 0.15) is 19.1 Å². The van der Waals surface area contributed by atoms with Gasteiger partial charge < -0.3 is 30.7 Å². The molecule has 4 N–H and O–H groups in total. The third kappa shape index (κ3) is 10.3. The lowest BCUT2D eigenvalue weighted by Gasteiger charge is -2.21. The zero-order chi connectivity index (χ0) is 29.9. The number of nitrogens with one attached hydrogen (secondary N) is 3. The van der Waals surface area contributed by atoms with Gasteiger partial charge in [0.25, 0.3) is 5.91 Å². The Morgan fingerprint density at radius 3 is 2.33 bits per heavy atom. The number of halogens is 3. The number of aliphatic hydroxyl groups excluding tert-OH is 1. The summed E-state index contributed by atoms with van der Waals surface area (Å²) < 4.78 is 45.1. The van der Waals surface area contributed by atoms with Gasteiger partial charge in [-0.05, 0) is 30.7 Å². The molecular weight excluding hydrogens is 533 g/mol. The van der Waals surface area contributed by atoms with E-state index in [1.54, 1.807) is 30.3 Å². The van der Waals surface area contributed by atoms with E-state index in [-0.39, 0.29) is 24.4 Å². The number of anilines is 1. The van der Waals surface area contributed by atoms with Gasteiger partial charge in [-0.15, -0.1) is 5.92 Å². The molecule has 0 unspecified atom stereocenters. The molecule has 4 amide bonds. The number of ether oxygens (including phenoxy) is 1. The Hall–Kier alpha value is -4.57. The smallest absolute Gasteiger partial charge is 0.416 e. The number of nitrogens with zero attached hydrogens (tertiary/aromatic N) is 1. The number of benzene rings is 2. The second-order valence-electron chi connectivity index (χ2n) is 8.68. The molecule has 2 aromatic rings. The molecule has 10 nitrogen and oxygen atoms in total. The van der Waals surface area contributed by atoms with E-state index in [1.165, 1.54) is 21.0 Å². The Morgan fingerprint density at radius 2 is 1.73 bits per heavy atom. The normalized spacial score (nSPS) is 12.2. The van der Waals surface area contributed by atoms with Crippen molar-refractivity contribution in [1.82, 2.24) is 15.5 Å². The first kappa shape index (κ1) is 31.6. The minimum atomic E-state index is -4.79. The molecule has 214 valence electrons. The molecule has 0 aliphatic heterocycles. The number of amides is 4. The van der Waals surface area contributed by atoms with Crippen LogP contribution in [0.15, 0.2) is 48.5 Å². The summed E-state index contributed by atoms with van der Waals surface area (Å²) in [6.45, 7) is 1.13. The molecule has 0 spiro atoms. The van der Waals surface area contributed by atoms with Crippen LogP contribution in [0.2, 0.25) is 0 Å². The maximum atomic E-state index is 13.3. The molecule has 13 heteroatoms. The molecule has 0 saturated heterocycles. The summed E-state index contributed by atoms with van der Waals surface area (Å²) in [5, 5.41) is 17.2. The predicted octanol–water partition coefficient (Wildman–Crippen LogP) is 2.53. The van der Waals surface area contributed by atoms with Crippen molar-refractivity contribution in [2.45, 2.75) is 38.3 Å². The van der Waals surface area contributed by atoms with Crippen LogP contribution in [0, 0.1) is 11.8 Å². The number of carbonyl (C=O) groups excluding carboxylic acids is 4. The molecule has 0 aliphatic rings. The van der Waals surface area contributed by atoms with Gasteiger partial charge in [0.2, 0.25) is 11.8 Å². The van der Waals surface area contributed by atoms with Crippen LogP contribution in [-0.4, -0.2) is 66.6 Å². The third-order valence-electron chi connectivity index (χ3n) is 5.22. The van der Waals surface area contributed by atoms with E-state index >= 15 is 0 Å². The fraction of sp³-hybridized carbons (Fsp3) is 0.333. The van der Waals surface area contributed by atoms with E-state index in [2.05, 4.69) is 27.8 Å². The quantitative estimate of drug-likeness (QED) is 0.260. The first-order chi connectivity index (χ1) is 18.8. The molecule has 0 heterocycles. The van der Waals surface area contributed by atoms with Gasteiger partial charge in [-0.1, -0.05) is 36.3 Å². The van der Waals surface area contributed by atoms with E-state index < -0.39 is 54.1 Å². The van der Waals surface area contributed by atoms with Crippen molar-refractivity contribution in [3.05, 3.63) is 65.2 Å². The summed E-state index contributed by atoms with van der Waals surface area (Å²) in [4.78, 5) is 50.3. The highest BCUT2D eigenvalue weighted by Crippen LogP contribution is 2.32. The maximum Gasteiger partial charge on any atom is 0.416 e. The molecule has 2 aromatic carbocycles. The SMILES string of the molecule is CC#C[C@H](O)[C@H](CNC(=O)OCc1ccccc1)NC(=O)CC(=O)Nc1cc(C(=O)N(C)C)cc(C(F)(F)F)c1. The minimum absolute atomic E-state index is 0.0153. The number of aliphatic hydroxyl groups is 1. The van der Waals surface area contributed by atoms with Crippen molar-refractivity contribution < 1.29 is 42.2 Å². The van der Waals surface area contributed by atoms with Gasteiger partial charge >= 0.3 is 12.3 Å². The van der Waals surface area contributed by atoms with Crippen LogP contribution in [0.4, 0.5) is 23.7 Å². The average Bonchev–Trinajstić information content (AvgIpc) is 2.89. The Balaban J connectivity index is 2.03. The van der Waals surface area contributed by atoms with Gasteiger partial charge in [0.05, 0.1) is 11.6 Å². The summed E-state index contributed by atoms with van der Waals surface area (Å²) in [5.41, 5.74) is -1.07. The standard InChI is InChI=1S/C27H29F3N4O6/c1-4-8-22(35)21(15-31-26(39)40-16-17-9-6-5-7-10-17)33-24(37)14-23(36)32-20-12-18(25(38)34(2)3)11-19(13-20)27(28,29)30/h5-7,9-13,21-22,35H,14-16H2,1-3H3,(H,31,39)(H,32,36)(H,33,37)/t21-,22-/m0/s1. The van der Waals surface area contributed by atoms with Crippen LogP contribution in [0.3, 0.4) is 0 Å². The third-order valence-corrected chi connectivity index (χ3v) is 5.22. The van der Waals surface area contributed by atoms with Gasteiger partial charge in [-0.25, -0.2) is 4.79 Å². The van der Waals surface area contributed by atoms with Gasteiger partial charge in [0.15, 0.2) is 0 Å². The second-order valence-corrected chi connectivity index (χ2v) is 8.68. The van der Waals surface area contributed by atoms with E-state index in [0.29, 0.717) is 12.1 Å². The number of alkyl carbamates (subject to hydrolysis) is 1. The zero-order valence-electron chi connectivity index (χ0n) is 22.0. The van der Waals surface area contributed by atoms with Crippen molar-refractivity contribution in [2.24, 2.45) is 0 Å². The van der Waals surface area contributed by atoms with Crippen LogP contribution in [0.25, 0.3) is 0 Å². The molecule has 0 bridgehead atoms. The number of alkyl halides is 3. The molecule has 0 fully saturated rings. The molecular formula is C27H29F3N4O6.